The minimum absolute atomic E-state index is 0.105. The summed E-state index contributed by atoms with van der Waals surface area (Å²) in [6.07, 6.45) is 0.737. The maximum Gasteiger partial charge on any atom is 0.339 e. The number of aromatic carboxylic acids is 1. The lowest BCUT2D eigenvalue weighted by Gasteiger charge is -2.14. The van der Waals surface area contributed by atoms with E-state index >= 15 is 0 Å². The van der Waals surface area contributed by atoms with Crippen molar-refractivity contribution in [1.29, 1.82) is 0 Å². The summed E-state index contributed by atoms with van der Waals surface area (Å²) in [5.74, 6) is -1.87. The van der Waals surface area contributed by atoms with Gasteiger partial charge < -0.3 is 5.11 Å². The van der Waals surface area contributed by atoms with E-state index in [1.165, 1.54) is 32.3 Å². The van der Waals surface area contributed by atoms with Crippen molar-refractivity contribution in [3.05, 3.63) is 53.1 Å². The molecule has 0 spiro atoms. The van der Waals surface area contributed by atoms with Gasteiger partial charge in [0.05, 0.1) is 11.9 Å². The van der Waals surface area contributed by atoms with Crippen LogP contribution in [0.25, 0.3) is 0 Å². The molecule has 0 fully saturated rings. The second-order valence-corrected chi connectivity index (χ2v) is 6.68. The molecule has 0 unspecified atom stereocenters. The molecule has 7 nitrogen and oxygen atoms in total. The summed E-state index contributed by atoms with van der Waals surface area (Å²) < 4.78 is 39.7. The van der Waals surface area contributed by atoms with Crippen LogP contribution in [0.4, 0.5) is 4.39 Å². The first kappa shape index (κ1) is 16.1. The standard InChI is InChI=1S/C13H14FN3O4S/c1-16(2)22(20,21)17-12(10(8-15-17)13(18)19)7-9-5-3-4-6-11(9)14/h3-6,8H,7H2,1-2H3,(H,18,19). The fourth-order valence-electron chi connectivity index (χ4n) is 1.87. The van der Waals surface area contributed by atoms with Crippen LogP contribution in [-0.4, -0.2) is 47.1 Å². The zero-order valence-corrected chi connectivity index (χ0v) is 12.7. The first-order valence-electron chi connectivity index (χ1n) is 6.21. The molecule has 0 saturated heterocycles. The summed E-state index contributed by atoms with van der Waals surface area (Å²) in [5.41, 5.74) is -0.208. The first-order valence-corrected chi connectivity index (χ1v) is 7.61. The topological polar surface area (TPSA) is 92.5 Å². The molecule has 1 heterocycles. The van der Waals surface area contributed by atoms with Crippen LogP contribution in [0, 0.1) is 5.82 Å². The molecule has 0 amide bonds. The molecule has 0 radical (unpaired) electrons. The van der Waals surface area contributed by atoms with E-state index in [1.54, 1.807) is 6.07 Å². The van der Waals surface area contributed by atoms with E-state index in [-0.39, 0.29) is 23.2 Å². The van der Waals surface area contributed by atoms with Gasteiger partial charge in [0.1, 0.15) is 11.4 Å². The molecule has 2 rings (SSSR count). The van der Waals surface area contributed by atoms with Gasteiger partial charge in [0, 0.05) is 20.5 Å². The van der Waals surface area contributed by atoms with Crippen molar-refractivity contribution < 1.29 is 22.7 Å². The highest BCUT2D eigenvalue weighted by Gasteiger charge is 2.26. The van der Waals surface area contributed by atoms with Crippen molar-refractivity contribution in [2.75, 3.05) is 14.1 Å². The molecule has 0 aliphatic rings. The number of hydrogen-bond acceptors (Lipinski definition) is 4. The summed E-state index contributed by atoms with van der Waals surface area (Å²) in [5, 5.41) is 12.8. The lowest BCUT2D eigenvalue weighted by molar-refractivity contribution is 0.0696. The Bertz CT molecular complexity index is 814. The normalized spacial score (nSPS) is 11.8. The SMILES string of the molecule is CN(C)S(=O)(=O)n1ncc(C(=O)O)c1Cc1ccccc1F. The molecule has 9 heteroatoms. The maximum atomic E-state index is 13.8. The monoisotopic (exact) mass is 327 g/mol. The quantitative estimate of drug-likeness (QED) is 0.883. The van der Waals surface area contributed by atoms with Crippen LogP contribution in [0.2, 0.25) is 0 Å². The van der Waals surface area contributed by atoms with Crippen molar-refractivity contribution in [3.63, 3.8) is 0 Å². The van der Waals surface area contributed by atoms with Crippen LogP contribution in [0.3, 0.4) is 0 Å². The largest absolute Gasteiger partial charge is 0.478 e. The lowest BCUT2D eigenvalue weighted by Crippen LogP contribution is -2.31. The summed E-state index contributed by atoms with van der Waals surface area (Å²) in [4.78, 5) is 11.3. The first-order chi connectivity index (χ1) is 10.2. The summed E-state index contributed by atoms with van der Waals surface area (Å²) in [7, 11) is -1.41. The van der Waals surface area contributed by atoms with Crippen LogP contribution in [0.5, 0.6) is 0 Å². The fraction of sp³-hybridized carbons (Fsp3) is 0.231. The average molecular weight is 327 g/mol. The van der Waals surface area contributed by atoms with Crippen molar-refractivity contribution in [1.82, 2.24) is 13.5 Å². The predicted molar refractivity (Wildman–Crippen MR) is 76.4 cm³/mol. The number of nitrogens with zero attached hydrogens (tertiary/aromatic N) is 3. The molecule has 22 heavy (non-hydrogen) atoms. The Hall–Kier alpha value is -2.26. The van der Waals surface area contributed by atoms with Crippen LogP contribution in [-0.2, 0) is 16.6 Å². The van der Waals surface area contributed by atoms with Crippen molar-refractivity contribution in [2.45, 2.75) is 6.42 Å². The predicted octanol–water partition coefficient (Wildman–Crippen LogP) is 0.966. The second kappa shape index (κ2) is 5.85. The van der Waals surface area contributed by atoms with Gasteiger partial charge >= 0.3 is 16.2 Å². The van der Waals surface area contributed by atoms with E-state index in [2.05, 4.69) is 5.10 Å². The third-order valence-corrected chi connectivity index (χ3v) is 4.73. The minimum atomic E-state index is -4.00. The third-order valence-electron chi connectivity index (χ3n) is 3.06. The molecule has 2 aromatic rings. The molecule has 0 aliphatic heterocycles. The Morgan fingerprint density at radius 1 is 1.36 bits per heavy atom. The summed E-state index contributed by atoms with van der Waals surface area (Å²) in [6.45, 7) is 0. The number of hydrogen-bond donors (Lipinski definition) is 1. The Kier molecular flexibility index (Phi) is 4.29. The highest BCUT2D eigenvalue weighted by molar-refractivity contribution is 7.87. The van der Waals surface area contributed by atoms with Gasteiger partial charge in [0.25, 0.3) is 0 Å². The molecular weight excluding hydrogens is 313 g/mol. The average Bonchev–Trinajstić information content (AvgIpc) is 2.85. The summed E-state index contributed by atoms with van der Waals surface area (Å²) >= 11 is 0. The molecular formula is C13H14FN3O4S. The van der Waals surface area contributed by atoms with E-state index in [0.29, 0.717) is 4.09 Å². The molecule has 1 N–H and O–H groups in total. The number of carbonyl (C=O) groups is 1. The maximum absolute atomic E-state index is 13.8. The van der Waals surface area contributed by atoms with Crippen molar-refractivity contribution in [2.24, 2.45) is 0 Å². The van der Waals surface area contributed by atoms with Gasteiger partial charge in [-0.05, 0) is 11.6 Å². The Balaban J connectivity index is 2.60. The van der Waals surface area contributed by atoms with Gasteiger partial charge in [-0.3, -0.25) is 0 Å². The number of benzene rings is 1. The van der Waals surface area contributed by atoms with E-state index in [9.17, 15) is 22.7 Å². The van der Waals surface area contributed by atoms with Crippen molar-refractivity contribution in [3.8, 4) is 0 Å². The van der Waals surface area contributed by atoms with Gasteiger partial charge in [-0.1, -0.05) is 18.2 Å². The number of carboxylic acid groups (broad SMARTS) is 1. The third kappa shape index (κ3) is 2.85. The molecule has 1 aromatic heterocycles. The zero-order valence-electron chi connectivity index (χ0n) is 11.9. The highest BCUT2D eigenvalue weighted by atomic mass is 32.2. The number of halogens is 1. The molecule has 0 saturated carbocycles. The summed E-state index contributed by atoms with van der Waals surface area (Å²) in [6, 6.07) is 5.75. The number of carboxylic acids is 1. The van der Waals surface area contributed by atoms with E-state index in [0.717, 1.165) is 10.5 Å². The number of rotatable bonds is 5. The second-order valence-electron chi connectivity index (χ2n) is 4.71. The Labute approximate surface area is 126 Å². The van der Waals surface area contributed by atoms with Crippen LogP contribution >= 0.6 is 0 Å². The van der Waals surface area contributed by atoms with E-state index in [4.69, 9.17) is 0 Å². The van der Waals surface area contributed by atoms with Gasteiger partial charge in [-0.15, -0.1) is 4.09 Å². The Morgan fingerprint density at radius 2 is 2.00 bits per heavy atom. The van der Waals surface area contributed by atoms with E-state index < -0.39 is 22.0 Å². The van der Waals surface area contributed by atoms with Gasteiger partial charge in [0.2, 0.25) is 0 Å². The molecule has 0 aliphatic carbocycles. The zero-order chi connectivity index (χ0) is 16.5. The molecule has 1 aromatic carbocycles. The Morgan fingerprint density at radius 3 is 2.55 bits per heavy atom. The molecule has 0 bridgehead atoms. The number of aromatic nitrogens is 2. The smallest absolute Gasteiger partial charge is 0.339 e. The van der Waals surface area contributed by atoms with Crippen molar-refractivity contribution >= 4 is 16.2 Å². The minimum Gasteiger partial charge on any atom is -0.478 e. The van der Waals surface area contributed by atoms with Crippen LogP contribution in [0.15, 0.2) is 30.5 Å². The highest BCUT2D eigenvalue weighted by Crippen LogP contribution is 2.19. The molecule has 0 atom stereocenters. The van der Waals surface area contributed by atoms with Gasteiger partial charge in [-0.25, -0.2) is 9.18 Å². The molecule has 118 valence electrons. The van der Waals surface area contributed by atoms with E-state index in [1.807, 2.05) is 0 Å². The van der Waals surface area contributed by atoms with Gasteiger partial charge in [-0.2, -0.15) is 17.8 Å². The van der Waals surface area contributed by atoms with Crippen LogP contribution in [0.1, 0.15) is 21.6 Å². The lowest BCUT2D eigenvalue weighted by atomic mass is 10.1. The fourth-order valence-corrected chi connectivity index (χ4v) is 2.79. The van der Waals surface area contributed by atoms with Gasteiger partial charge in [0.15, 0.2) is 0 Å². The van der Waals surface area contributed by atoms with Crippen LogP contribution < -0.4 is 0 Å².